The molecule has 0 aliphatic heterocycles. The van der Waals surface area contributed by atoms with Gasteiger partial charge in [-0.2, -0.15) is 0 Å². The third-order valence-electron chi connectivity index (χ3n) is 4.60. The van der Waals surface area contributed by atoms with Crippen LogP contribution in [0.15, 0.2) is 36.4 Å². The quantitative estimate of drug-likeness (QED) is 0.223. The van der Waals surface area contributed by atoms with Gasteiger partial charge in [0.25, 0.3) is 0 Å². The molecule has 0 aromatic heterocycles. The van der Waals surface area contributed by atoms with Crippen molar-refractivity contribution < 1.29 is 58.3 Å². The van der Waals surface area contributed by atoms with Gasteiger partial charge in [0.15, 0.2) is 0 Å². The molecule has 0 heterocycles. The largest absolute Gasteiger partial charge is 0.543 e. The van der Waals surface area contributed by atoms with Gasteiger partial charge in [0.05, 0.1) is 21.2 Å². The van der Waals surface area contributed by atoms with Crippen LogP contribution in [0.5, 0.6) is 0 Å². The fourth-order valence-electron chi connectivity index (χ4n) is 2.48. The van der Waals surface area contributed by atoms with Gasteiger partial charge in [-0.3, -0.25) is 9.78 Å². The van der Waals surface area contributed by atoms with Gasteiger partial charge in [0.2, 0.25) is 0 Å². The zero-order valence-electron chi connectivity index (χ0n) is 18.8. The summed E-state index contributed by atoms with van der Waals surface area (Å²) in [5.74, 6) is -1.75. The molecular weight excluding hydrogens is 456 g/mol. The molecule has 182 valence electrons. The number of aryl methyl sites for hydroxylation is 2. The summed E-state index contributed by atoms with van der Waals surface area (Å²) in [4.78, 5) is 63.4. The van der Waals surface area contributed by atoms with E-state index in [2.05, 4.69) is 39.1 Å². The second-order valence-electron chi connectivity index (χ2n) is 6.74. The SMILES string of the molecule is Cc1cccc(C(=O)OOOC(=O)OCCOC(=O)OOOC(=O)c2cccc(C)c2C)c1C. The van der Waals surface area contributed by atoms with Gasteiger partial charge >= 0.3 is 24.2 Å². The summed E-state index contributed by atoms with van der Waals surface area (Å²) in [6.07, 6.45) is -2.74. The standard InChI is InChI=1S/C22H22O12/c1-13-7-5-9-17(15(13)3)19(23)29-33-31-21(25)27-11-12-28-22(26)32-34-30-20(24)18-10-6-8-14(2)16(18)4/h5-10H,11-12H2,1-4H3. The molecule has 0 spiro atoms. The first-order chi connectivity index (χ1) is 16.2. The van der Waals surface area contributed by atoms with Gasteiger partial charge < -0.3 is 9.47 Å². The minimum Gasteiger partial charge on any atom is -0.429 e. The van der Waals surface area contributed by atoms with Gasteiger partial charge in [-0.15, -0.1) is 0 Å². The highest BCUT2D eigenvalue weighted by Gasteiger charge is 2.17. The Kier molecular flexibility index (Phi) is 9.80. The third kappa shape index (κ3) is 7.76. The van der Waals surface area contributed by atoms with E-state index >= 15 is 0 Å². The molecule has 0 amide bonds. The van der Waals surface area contributed by atoms with E-state index in [0.717, 1.165) is 11.1 Å². The summed E-state index contributed by atoms with van der Waals surface area (Å²) in [7, 11) is 0. The molecule has 0 atom stereocenters. The van der Waals surface area contributed by atoms with Gasteiger partial charge in [-0.25, -0.2) is 29.0 Å². The van der Waals surface area contributed by atoms with Crippen LogP contribution in [0.3, 0.4) is 0 Å². The van der Waals surface area contributed by atoms with Crippen LogP contribution in [0.25, 0.3) is 0 Å². The van der Waals surface area contributed by atoms with Crippen LogP contribution >= 0.6 is 0 Å². The van der Waals surface area contributed by atoms with Crippen molar-refractivity contribution in [1.29, 1.82) is 0 Å². The number of benzene rings is 2. The number of carbonyl (C=O) groups is 4. The Morgan fingerprint density at radius 3 is 1.35 bits per heavy atom. The number of carbonyl (C=O) groups excluding carboxylic acids is 4. The zero-order valence-corrected chi connectivity index (χ0v) is 18.8. The van der Waals surface area contributed by atoms with Crippen molar-refractivity contribution in [2.45, 2.75) is 27.7 Å². The topological polar surface area (TPSA) is 142 Å². The molecule has 2 aromatic rings. The van der Waals surface area contributed by atoms with E-state index < -0.39 is 37.5 Å². The summed E-state index contributed by atoms with van der Waals surface area (Å²) in [5.41, 5.74) is 3.52. The summed E-state index contributed by atoms with van der Waals surface area (Å²) >= 11 is 0. The first kappa shape index (κ1) is 26.1. The van der Waals surface area contributed by atoms with Crippen molar-refractivity contribution >= 4 is 24.2 Å². The predicted molar refractivity (Wildman–Crippen MR) is 110 cm³/mol. The first-order valence-electron chi connectivity index (χ1n) is 9.77. The maximum absolute atomic E-state index is 11.9. The highest BCUT2D eigenvalue weighted by atomic mass is 17.5. The van der Waals surface area contributed by atoms with E-state index in [4.69, 9.17) is 0 Å². The predicted octanol–water partition coefficient (Wildman–Crippen LogP) is 3.93. The maximum atomic E-state index is 11.9. The highest BCUT2D eigenvalue weighted by molar-refractivity contribution is 5.91. The second-order valence-corrected chi connectivity index (χ2v) is 6.74. The Bertz CT molecular complexity index is 963. The van der Waals surface area contributed by atoms with Crippen LogP contribution in [0, 0.1) is 27.7 Å². The molecule has 0 unspecified atom stereocenters. The molecule has 0 bridgehead atoms. The Balaban J connectivity index is 1.57. The van der Waals surface area contributed by atoms with Gasteiger partial charge in [-0.1, -0.05) is 24.3 Å². The Hall–Kier alpha value is -4.16. The van der Waals surface area contributed by atoms with Crippen molar-refractivity contribution in [3.63, 3.8) is 0 Å². The molecule has 12 nitrogen and oxygen atoms in total. The van der Waals surface area contributed by atoms with Crippen LogP contribution in [0.1, 0.15) is 43.0 Å². The zero-order chi connectivity index (χ0) is 25.1. The fourth-order valence-corrected chi connectivity index (χ4v) is 2.48. The molecule has 0 aliphatic carbocycles. The lowest BCUT2D eigenvalue weighted by Gasteiger charge is -2.07. The number of rotatable bonds is 9. The summed E-state index contributed by atoms with van der Waals surface area (Å²) < 4.78 is 9.02. The highest BCUT2D eigenvalue weighted by Crippen LogP contribution is 2.15. The minimum atomic E-state index is -1.37. The van der Waals surface area contributed by atoms with Crippen LogP contribution in [0.4, 0.5) is 9.59 Å². The summed E-state index contributed by atoms with van der Waals surface area (Å²) in [5, 5.41) is 8.17. The lowest BCUT2D eigenvalue weighted by Crippen LogP contribution is -2.17. The van der Waals surface area contributed by atoms with Gasteiger partial charge in [0, 0.05) is 0 Å². The Morgan fingerprint density at radius 2 is 0.971 bits per heavy atom. The minimum absolute atomic E-state index is 0.228. The van der Waals surface area contributed by atoms with Crippen molar-refractivity contribution in [3.05, 3.63) is 69.8 Å². The van der Waals surface area contributed by atoms with E-state index in [1.807, 2.05) is 26.0 Å². The summed E-state index contributed by atoms with van der Waals surface area (Å²) in [6.45, 7) is 6.11. The van der Waals surface area contributed by atoms with E-state index in [1.54, 1.807) is 26.0 Å². The molecule has 0 radical (unpaired) electrons. The molecule has 0 fully saturated rings. The van der Waals surface area contributed by atoms with Crippen LogP contribution in [-0.4, -0.2) is 37.5 Å². The lowest BCUT2D eigenvalue weighted by molar-refractivity contribution is -0.453. The monoisotopic (exact) mass is 478 g/mol. The fraction of sp³-hybridized carbons (Fsp3) is 0.273. The van der Waals surface area contributed by atoms with Crippen molar-refractivity contribution in [2.24, 2.45) is 0 Å². The molecule has 2 aromatic carbocycles. The molecule has 0 N–H and O–H groups in total. The first-order valence-corrected chi connectivity index (χ1v) is 9.77. The molecule has 34 heavy (non-hydrogen) atoms. The number of hydrogen-bond acceptors (Lipinski definition) is 12. The summed E-state index contributed by atoms with van der Waals surface area (Å²) in [6, 6.07) is 9.94. The van der Waals surface area contributed by atoms with Crippen LogP contribution in [0.2, 0.25) is 0 Å². The van der Waals surface area contributed by atoms with E-state index in [1.165, 1.54) is 12.1 Å². The molecule has 12 heteroatoms. The third-order valence-corrected chi connectivity index (χ3v) is 4.60. The smallest absolute Gasteiger partial charge is 0.429 e. The normalized spacial score (nSPS) is 10.1. The number of hydrogen-bond donors (Lipinski definition) is 0. The Labute approximate surface area is 193 Å². The van der Waals surface area contributed by atoms with Crippen molar-refractivity contribution in [1.82, 2.24) is 0 Å². The molecule has 2 rings (SSSR count). The van der Waals surface area contributed by atoms with E-state index in [-0.39, 0.29) is 11.1 Å². The molecule has 0 saturated carbocycles. The van der Waals surface area contributed by atoms with Gasteiger partial charge in [-0.05, 0) is 62.1 Å². The lowest BCUT2D eigenvalue weighted by atomic mass is 10.0. The van der Waals surface area contributed by atoms with Gasteiger partial charge in [0.1, 0.15) is 13.2 Å². The number of ether oxygens (including phenoxy) is 2. The Morgan fingerprint density at radius 1 is 0.588 bits per heavy atom. The molecule has 0 saturated heterocycles. The second kappa shape index (κ2) is 12.8. The van der Waals surface area contributed by atoms with Crippen LogP contribution < -0.4 is 0 Å². The molecular formula is C22H22O12. The maximum Gasteiger partial charge on any atom is 0.543 e. The van der Waals surface area contributed by atoms with Crippen molar-refractivity contribution in [2.75, 3.05) is 13.2 Å². The average Bonchev–Trinajstić information content (AvgIpc) is 2.80. The van der Waals surface area contributed by atoms with Crippen LogP contribution in [-0.2, 0) is 39.1 Å². The average molecular weight is 478 g/mol. The van der Waals surface area contributed by atoms with Crippen molar-refractivity contribution in [3.8, 4) is 0 Å². The van der Waals surface area contributed by atoms with E-state index in [0.29, 0.717) is 11.1 Å². The van der Waals surface area contributed by atoms with E-state index in [9.17, 15) is 19.2 Å². The molecule has 0 aliphatic rings.